The molecule has 124 valence electrons. The average Bonchev–Trinajstić information content (AvgIpc) is 2.93. The number of nitrogens with zero attached hydrogens (tertiary/aromatic N) is 2. The molecule has 5 nitrogen and oxygen atoms in total. The minimum Gasteiger partial charge on any atom is -0.550 e. The molecule has 1 atom stereocenters. The van der Waals surface area contributed by atoms with Gasteiger partial charge in [0.15, 0.2) is 0 Å². The maximum absolute atomic E-state index is 11.1. The average molecular weight is 323 g/mol. The van der Waals surface area contributed by atoms with Gasteiger partial charge in [-0.1, -0.05) is 31.2 Å². The Hall–Kier alpha value is -2.82. The van der Waals surface area contributed by atoms with Crippen molar-refractivity contribution in [2.45, 2.75) is 19.9 Å². The third-order valence-electron chi connectivity index (χ3n) is 4.11. The Balaban J connectivity index is 1.97. The zero-order valence-corrected chi connectivity index (χ0v) is 13.7. The number of hydrogen-bond acceptors (Lipinski definition) is 4. The van der Waals surface area contributed by atoms with E-state index >= 15 is 0 Å². The third kappa shape index (κ3) is 3.25. The van der Waals surface area contributed by atoms with E-state index in [0.717, 1.165) is 28.2 Å². The van der Waals surface area contributed by atoms with Crippen LogP contribution in [0.25, 0.3) is 11.0 Å². The summed E-state index contributed by atoms with van der Waals surface area (Å²) in [7, 11) is 1.63. The van der Waals surface area contributed by atoms with E-state index in [2.05, 4.69) is 4.98 Å². The molecule has 0 aliphatic heterocycles. The molecule has 0 amide bonds. The summed E-state index contributed by atoms with van der Waals surface area (Å²) >= 11 is 0. The first kappa shape index (κ1) is 16.1. The van der Waals surface area contributed by atoms with Crippen LogP contribution in [0.1, 0.15) is 18.3 Å². The molecule has 24 heavy (non-hydrogen) atoms. The van der Waals surface area contributed by atoms with Gasteiger partial charge in [0.25, 0.3) is 0 Å². The van der Waals surface area contributed by atoms with E-state index in [1.807, 2.05) is 53.1 Å². The lowest BCUT2D eigenvalue weighted by Gasteiger charge is -2.16. The van der Waals surface area contributed by atoms with Crippen LogP contribution >= 0.6 is 0 Å². The van der Waals surface area contributed by atoms with Crippen LogP contribution in [0.4, 0.5) is 0 Å². The summed E-state index contributed by atoms with van der Waals surface area (Å²) in [5.41, 5.74) is 2.90. The molecular formula is C19H19N2O3-. The summed E-state index contributed by atoms with van der Waals surface area (Å²) in [6, 6.07) is 15.6. The molecule has 3 aromatic rings. The summed E-state index contributed by atoms with van der Waals surface area (Å²) < 4.78 is 7.15. The smallest absolute Gasteiger partial charge is 0.118 e. The van der Waals surface area contributed by atoms with Crippen molar-refractivity contribution in [3.05, 3.63) is 59.9 Å². The van der Waals surface area contributed by atoms with Gasteiger partial charge >= 0.3 is 0 Å². The summed E-state index contributed by atoms with van der Waals surface area (Å²) in [6.07, 6.45) is 0.623. The van der Waals surface area contributed by atoms with E-state index in [9.17, 15) is 9.90 Å². The summed E-state index contributed by atoms with van der Waals surface area (Å²) in [4.78, 5) is 15.8. The van der Waals surface area contributed by atoms with Crippen LogP contribution in [-0.2, 0) is 17.8 Å². The van der Waals surface area contributed by atoms with Gasteiger partial charge in [-0.25, -0.2) is 4.98 Å². The molecule has 0 saturated heterocycles. The zero-order chi connectivity index (χ0) is 17.1. The summed E-state index contributed by atoms with van der Waals surface area (Å²) in [5, 5.41) is 11.1. The molecule has 3 rings (SSSR count). The van der Waals surface area contributed by atoms with Crippen molar-refractivity contribution in [2.24, 2.45) is 5.92 Å². The zero-order valence-electron chi connectivity index (χ0n) is 13.7. The van der Waals surface area contributed by atoms with Crippen LogP contribution in [0.15, 0.2) is 48.5 Å². The van der Waals surface area contributed by atoms with Gasteiger partial charge in [0.2, 0.25) is 0 Å². The minimum absolute atomic E-state index is 0.342. The summed E-state index contributed by atoms with van der Waals surface area (Å²) in [5.74, 6) is 0.00713. The van der Waals surface area contributed by atoms with Gasteiger partial charge in [0, 0.05) is 24.9 Å². The maximum Gasteiger partial charge on any atom is 0.118 e. The second-order valence-corrected chi connectivity index (χ2v) is 5.87. The van der Waals surface area contributed by atoms with Gasteiger partial charge in [0.1, 0.15) is 11.6 Å². The molecule has 0 bridgehead atoms. The van der Waals surface area contributed by atoms with Crippen LogP contribution in [-0.4, -0.2) is 22.6 Å². The lowest BCUT2D eigenvalue weighted by atomic mass is 10.1. The van der Waals surface area contributed by atoms with Crippen LogP contribution < -0.4 is 9.84 Å². The molecule has 0 aliphatic carbocycles. The van der Waals surface area contributed by atoms with Crippen molar-refractivity contribution in [1.29, 1.82) is 0 Å². The van der Waals surface area contributed by atoms with Crippen molar-refractivity contribution in [3.63, 3.8) is 0 Å². The fourth-order valence-electron chi connectivity index (χ4n) is 2.74. The predicted molar refractivity (Wildman–Crippen MR) is 89.7 cm³/mol. The topological polar surface area (TPSA) is 67.2 Å². The van der Waals surface area contributed by atoms with E-state index in [-0.39, 0.29) is 0 Å². The quantitative estimate of drug-likeness (QED) is 0.696. The Morgan fingerprint density at radius 2 is 1.92 bits per heavy atom. The minimum atomic E-state index is -1.05. The van der Waals surface area contributed by atoms with Gasteiger partial charge in [-0.15, -0.1) is 0 Å². The molecule has 5 heteroatoms. The first-order chi connectivity index (χ1) is 11.6. The first-order valence-electron chi connectivity index (χ1n) is 7.86. The molecule has 1 heterocycles. The number of carboxylic acids is 1. The highest BCUT2D eigenvalue weighted by atomic mass is 16.5. The van der Waals surface area contributed by atoms with Crippen molar-refractivity contribution in [2.75, 3.05) is 7.11 Å². The Labute approximate surface area is 140 Å². The lowest BCUT2D eigenvalue weighted by molar-refractivity contribution is -0.311. The van der Waals surface area contributed by atoms with Crippen molar-refractivity contribution in [3.8, 4) is 5.75 Å². The number of fused-ring (bicyclic) bond motifs is 1. The first-order valence-corrected chi connectivity index (χ1v) is 7.86. The molecular weight excluding hydrogens is 304 g/mol. The highest BCUT2D eigenvalue weighted by molar-refractivity contribution is 5.76. The number of hydrogen-bond donors (Lipinski definition) is 0. The molecule has 0 fully saturated rings. The maximum atomic E-state index is 11.1. The molecule has 0 unspecified atom stereocenters. The molecule has 0 spiro atoms. The monoisotopic (exact) mass is 323 g/mol. The van der Waals surface area contributed by atoms with Crippen LogP contribution in [0.2, 0.25) is 0 Å². The number of imidazole rings is 1. The number of benzene rings is 2. The van der Waals surface area contributed by atoms with Gasteiger partial charge in [-0.05, 0) is 29.8 Å². The number of carboxylic acid groups (broad SMARTS) is 1. The Morgan fingerprint density at radius 1 is 1.21 bits per heavy atom. The highest BCUT2D eigenvalue weighted by Crippen LogP contribution is 2.21. The molecule has 0 aliphatic rings. The fraction of sp³-hybridized carbons (Fsp3) is 0.263. The fourth-order valence-corrected chi connectivity index (χ4v) is 2.74. The van der Waals surface area contributed by atoms with E-state index in [4.69, 9.17) is 4.74 Å². The number of carbonyl (C=O) groups excluding carboxylic acids is 1. The third-order valence-corrected chi connectivity index (χ3v) is 4.11. The number of carbonyl (C=O) groups is 1. The standard InChI is InChI=1S/C19H20N2O3/c1-13(19(22)23)12-21-17-6-4-3-5-16(17)20-18(21)11-14-7-9-15(24-2)10-8-14/h3-10,13H,11-12H2,1-2H3,(H,22,23)/p-1/t13-/m1/s1. The normalized spacial score (nSPS) is 12.2. The van der Waals surface area contributed by atoms with E-state index in [0.29, 0.717) is 13.0 Å². The van der Waals surface area contributed by atoms with Gasteiger partial charge in [-0.2, -0.15) is 0 Å². The summed E-state index contributed by atoms with van der Waals surface area (Å²) in [6.45, 7) is 2.00. The predicted octanol–water partition coefficient (Wildman–Crippen LogP) is 2.02. The Morgan fingerprint density at radius 3 is 2.58 bits per heavy atom. The molecule has 0 saturated carbocycles. The van der Waals surface area contributed by atoms with Crippen LogP contribution in [0, 0.1) is 5.92 Å². The van der Waals surface area contributed by atoms with Crippen molar-refractivity contribution < 1.29 is 14.6 Å². The second kappa shape index (κ2) is 6.74. The number of aliphatic carboxylic acids is 1. The number of methoxy groups -OCH3 is 1. The molecule has 1 aromatic heterocycles. The largest absolute Gasteiger partial charge is 0.550 e. The van der Waals surface area contributed by atoms with Gasteiger partial charge in [0.05, 0.1) is 18.1 Å². The number of rotatable bonds is 6. The molecule has 0 radical (unpaired) electrons. The SMILES string of the molecule is COc1ccc(Cc2nc3ccccc3n2C[C@@H](C)C(=O)[O-])cc1. The number of ether oxygens (including phenoxy) is 1. The van der Waals surface area contributed by atoms with Gasteiger partial charge < -0.3 is 19.2 Å². The van der Waals surface area contributed by atoms with E-state index in [1.165, 1.54) is 0 Å². The number of para-hydroxylation sites is 2. The van der Waals surface area contributed by atoms with E-state index in [1.54, 1.807) is 14.0 Å². The van der Waals surface area contributed by atoms with Crippen molar-refractivity contribution >= 4 is 17.0 Å². The number of aromatic nitrogens is 2. The second-order valence-electron chi connectivity index (χ2n) is 5.87. The van der Waals surface area contributed by atoms with Crippen molar-refractivity contribution in [1.82, 2.24) is 9.55 Å². The van der Waals surface area contributed by atoms with Gasteiger partial charge in [-0.3, -0.25) is 0 Å². The Bertz CT molecular complexity index is 853. The highest BCUT2D eigenvalue weighted by Gasteiger charge is 2.14. The van der Waals surface area contributed by atoms with E-state index < -0.39 is 11.9 Å². The van der Waals surface area contributed by atoms with Crippen LogP contribution in [0.5, 0.6) is 5.75 Å². The Kier molecular flexibility index (Phi) is 4.51. The van der Waals surface area contributed by atoms with Crippen LogP contribution in [0.3, 0.4) is 0 Å². The lowest BCUT2D eigenvalue weighted by Crippen LogP contribution is -2.32. The molecule has 2 aromatic carbocycles. The molecule has 0 N–H and O–H groups in total.